The SMILES string of the molecule is O=C1CNc2ccc(Br)cc2C1. The third kappa shape index (κ3) is 1.37. The fraction of sp³-hybridized carbons (Fsp3) is 0.222. The Labute approximate surface area is 79.1 Å². The highest BCUT2D eigenvalue weighted by Crippen LogP contribution is 2.23. The van der Waals surface area contributed by atoms with Gasteiger partial charge in [-0.2, -0.15) is 0 Å². The number of carbonyl (C=O) groups excluding carboxylic acids is 1. The van der Waals surface area contributed by atoms with E-state index in [2.05, 4.69) is 21.2 Å². The number of carbonyl (C=O) groups is 1. The second-order valence-corrected chi connectivity index (χ2v) is 3.79. The predicted molar refractivity (Wildman–Crippen MR) is 51.3 cm³/mol. The van der Waals surface area contributed by atoms with Crippen molar-refractivity contribution in [1.82, 2.24) is 0 Å². The maximum Gasteiger partial charge on any atom is 0.156 e. The van der Waals surface area contributed by atoms with Crippen molar-refractivity contribution in [1.29, 1.82) is 0 Å². The lowest BCUT2D eigenvalue weighted by Crippen LogP contribution is -2.22. The van der Waals surface area contributed by atoms with E-state index < -0.39 is 0 Å². The first-order chi connectivity index (χ1) is 5.75. The van der Waals surface area contributed by atoms with E-state index in [-0.39, 0.29) is 5.78 Å². The zero-order chi connectivity index (χ0) is 8.55. The molecule has 0 aromatic heterocycles. The number of ketones is 1. The number of halogens is 1. The van der Waals surface area contributed by atoms with Crippen LogP contribution in [0, 0.1) is 0 Å². The first-order valence-electron chi connectivity index (χ1n) is 3.80. The minimum Gasteiger partial charge on any atom is -0.378 e. The first-order valence-corrected chi connectivity index (χ1v) is 4.59. The number of fused-ring (bicyclic) bond motifs is 1. The number of anilines is 1. The van der Waals surface area contributed by atoms with E-state index in [1.54, 1.807) is 0 Å². The summed E-state index contributed by atoms with van der Waals surface area (Å²) < 4.78 is 1.03. The van der Waals surface area contributed by atoms with Crippen LogP contribution in [0.15, 0.2) is 22.7 Å². The summed E-state index contributed by atoms with van der Waals surface area (Å²) in [5.74, 6) is 0.251. The van der Waals surface area contributed by atoms with Crippen molar-refractivity contribution in [3.05, 3.63) is 28.2 Å². The van der Waals surface area contributed by atoms with Crippen LogP contribution >= 0.6 is 15.9 Å². The Kier molecular flexibility index (Phi) is 1.89. The molecular weight excluding hydrogens is 218 g/mol. The van der Waals surface area contributed by atoms with E-state index in [9.17, 15) is 4.79 Å². The Hall–Kier alpha value is -0.830. The highest BCUT2D eigenvalue weighted by atomic mass is 79.9. The fourth-order valence-corrected chi connectivity index (χ4v) is 1.76. The minimum atomic E-state index is 0.251. The third-order valence-corrected chi connectivity index (χ3v) is 2.42. The van der Waals surface area contributed by atoms with Crippen molar-refractivity contribution in [2.45, 2.75) is 6.42 Å². The maximum absolute atomic E-state index is 11.1. The van der Waals surface area contributed by atoms with Crippen LogP contribution in [0.4, 0.5) is 5.69 Å². The molecule has 62 valence electrons. The van der Waals surface area contributed by atoms with E-state index >= 15 is 0 Å². The van der Waals surface area contributed by atoms with Crippen molar-refractivity contribution in [3.8, 4) is 0 Å². The number of nitrogens with one attached hydrogen (secondary N) is 1. The van der Waals surface area contributed by atoms with E-state index in [0.717, 1.165) is 15.7 Å². The maximum atomic E-state index is 11.1. The molecule has 3 heteroatoms. The molecule has 1 heterocycles. The Bertz CT molecular complexity index is 335. The number of Topliss-reactive ketones (excluding diaryl/α,β-unsaturated/α-hetero) is 1. The van der Waals surface area contributed by atoms with Crippen LogP contribution in [-0.4, -0.2) is 12.3 Å². The second-order valence-electron chi connectivity index (χ2n) is 2.87. The molecule has 0 saturated carbocycles. The average molecular weight is 226 g/mol. The van der Waals surface area contributed by atoms with Crippen molar-refractivity contribution in [2.24, 2.45) is 0 Å². The van der Waals surface area contributed by atoms with E-state index in [1.165, 1.54) is 0 Å². The van der Waals surface area contributed by atoms with Crippen LogP contribution in [0.5, 0.6) is 0 Å². The van der Waals surface area contributed by atoms with Gasteiger partial charge < -0.3 is 5.32 Å². The number of hydrogen-bond acceptors (Lipinski definition) is 2. The van der Waals surface area contributed by atoms with Gasteiger partial charge in [-0.15, -0.1) is 0 Å². The van der Waals surface area contributed by atoms with Crippen LogP contribution in [0.1, 0.15) is 5.56 Å². The summed E-state index contributed by atoms with van der Waals surface area (Å²) in [6.45, 7) is 0.467. The van der Waals surface area contributed by atoms with Gasteiger partial charge in [0, 0.05) is 16.6 Å². The molecule has 12 heavy (non-hydrogen) atoms. The molecule has 0 bridgehead atoms. The van der Waals surface area contributed by atoms with E-state index in [1.807, 2.05) is 18.2 Å². The highest BCUT2D eigenvalue weighted by Gasteiger charge is 2.13. The van der Waals surface area contributed by atoms with E-state index in [4.69, 9.17) is 0 Å². The lowest BCUT2D eigenvalue weighted by Gasteiger charge is -2.16. The van der Waals surface area contributed by atoms with Crippen LogP contribution in [0.25, 0.3) is 0 Å². The van der Waals surface area contributed by atoms with Gasteiger partial charge in [0.05, 0.1) is 6.54 Å². The molecule has 0 aliphatic carbocycles. The molecule has 1 N–H and O–H groups in total. The smallest absolute Gasteiger partial charge is 0.156 e. The average Bonchev–Trinajstić information content (AvgIpc) is 2.03. The summed E-state index contributed by atoms with van der Waals surface area (Å²) in [7, 11) is 0. The Morgan fingerprint density at radius 2 is 2.25 bits per heavy atom. The van der Waals surface area contributed by atoms with Gasteiger partial charge in [0.2, 0.25) is 0 Å². The largest absolute Gasteiger partial charge is 0.378 e. The Morgan fingerprint density at radius 3 is 3.08 bits per heavy atom. The lowest BCUT2D eigenvalue weighted by molar-refractivity contribution is -0.117. The molecule has 0 fully saturated rings. The molecule has 1 aliphatic rings. The summed E-state index contributed by atoms with van der Waals surface area (Å²) in [6.07, 6.45) is 0.557. The Balaban J connectivity index is 2.44. The third-order valence-electron chi connectivity index (χ3n) is 1.93. The van der Waals surface area contributed by atoms with Crippen molar-refractivity contribution >= 4 is 27.4 Å². The van der Waals surface area contributed by atoms with Gasteiger partial charge in [0.15, 0.2) is 5.78 Å². The lowest BCUT2D eigenvalue weighted by atomic mass is 10.0. The molecule has 1 aromatic rings. The zero-order valence-electron chi connectivity index (χ0n) is 6.43. The summed E-state index contributed by atoms with van der Waals surface area (Å²) in [5.41, 5.74) is 2.17. The van der Waals surface area contributed by atoms with Gasteiger partial charge in [-0.3, -0.25) is 4.79 Å². The Morgan fingerprint density at radius 1 is 1.42 bits per heavy atom. The highest BCUT2D eigenvalue weighted by molar-refractivity contribution is 9.10. The van der Waals surface area contributed by atoms with Gasteiger partial charge in [0.1, 0.15) is 0 Å². The number of hydrogen-bond donors (Lipinski definition) is 1. The molecule has 0 unspecified atom stereocenters. The van der Waals surface area contributed by atoms with Gasteiger partial charge in [-0.25, -0.2) is 0 Å². The molecule has 0 spiro atoms. The normalized spacial score (nSPS) is 15.2. The molecule has 2 nitrogen and oxygen atoms in total. The van der Waals surface area contributed by atoms with Gasteiger partial charge >= 0.3 is 0 Å². The molecule has 0 saturated heterocycles. The van der Waals surface area contributed by atoms with Gasteiger partial charge in [0.25, 0.3) is 0 Å². The topological polar surface area (TPSA) is 29.1 Å². The fourth-order valence-electron chi connectivity index (χ4n) is 1.35. The van der Waals surface area contributed by atoms with Gasteiger partial charge in [-0.05, 0) is 23.8 Å². The van der Waals surface area contributed by atoms with Gasteiger partial charge in [-0.1, -0.05) is 15.9 Å². The molecular formula is C9H8BrNO. The predicted octanol–water partition coefficient (Wildman–Crippen LogP) is 1.99. The monoisotopic (exact) mass is 225 g/mol. The molecule has 2 rings (SSSR count). The van der Waals surface area contributed by atoms with E-state index in [0.29, 0.717) is 13.0 Å². The molecule has 0 amide bonds. The number of rotatable bonds is 0. The summed E-state index contributed by atoms with van der Waals surface area (Å²) in [6, 6.07) is 5.95. The van der Waals surface area contributed by atoms with Crippen molar-refractivity contribution < 1.29 is 4.79 Å². The van der Waals surface area contributed by atoms with Crippen LogP contribution in [-0.2, 0) is 11.2 Å². The van der Waals surface area contributed by atoms with Crippen LogP contribution < -0.4 is 5.32 Å². The molecule has 1 aromatic carbocycles. The minimum absolute atomic E-state index is 0.251. The van der Waals surface area contributed by atoms with Crippen molar-refractivity contribution in [3.63, 3.8) is 0 Å². The summed E-state index contributed by atoms with van der Waals surface area (Å²) in [5, 5.41) is 3.07. The summed E-state index contributed by atoms with van der Waals surface area (Å²) >= 11 is 3.37. The summed E-state index contributed by atoms with van der Waals surface area (Å²) in [4.78, 5) is 11.1. The molecule has 0 atom stereocenters. The van der Waals surface area contributed by atoms with Crippen LogP contribution in [0.2, 0.25) is 0 Å². The molecule has 1 aliphatic heterocycles. The zero-order valence-corrected chi connectivity index (χ0v) is 8.02. The standard InChI is InChI=1S/C9H8BrNO/c10-7-1-2-9-6(3-7)4-8(12)5-11-9/h1-3,11H,4-5H2. The second kappa shape index (κ2) is 2.90. The quantitative estimate of drug-likeness (QED) is 0.732. The first kappa shape index (κ1) is 7.80. The number of benzene rings is 1. The van der Waals surface area contributed by atoms with Crippen LogP contribution in [0.3, 0.4) is 0 Å². The van der Waals surface area contributed by atoms with Crippen molar-refractivity contribution in [2.75, 3.05) is 11.9 Å². The molecule has 0 radical (unpaired) electrons.